The van der Waals surface area contributed by atoms with Crippen molar-refractivity contribution < 1.29 is 9.00 Å². The predicted octanol–water partition coefficient (Wildman–Crippen LogP) is 3.61. The van der Waals surface area contributed by atoms with Crippen LogP contribution in [-0.4, -0.2) is 33.0 Å². The second-order valence-corrected chi connectivity index (χ2v) is 8.11. The quantitative estimate of drug-likeness (QED) is 0.903. The Morgan fingerprint density at radius 3 is 2.38 bits per heavy atom. The Bertz CT molecular complexity index is 505. The first kappa shape index (κ1) is 17.7. The Morgan fingerprint density at radius 1 is 1.24 bits per heavy atom. The Balaban J connectivity index is 2.77. The molecule has 0 aliphatic carbocycles. The molecular weight excluding hydrogens is 284 g/mol. The van der Waals surface area contributed by atoms with Crippen LogP contribution >= 0.6 is 0 Å². The minimum absolute atomic E-state index is 0.103. The normalized spacial score (nSPS) is 12.8. The van der Waals surface area contributed by atoms with Crippen molar-refractivity contribution >= 4 is 22.5 Å². The maximum Gasteiger partial charge on any atom is 0.321 e. The molecule has 1 N–H and O–H groups in total. The number of carbonyl (C=O) groups is 1. The molecule has 1 rings (SSSR count). The van der Waals surface area contributed by atoms with E-state index >= 15 is 0 Å². The molecule has 0 spiro atoms. The standard InChI is InChI=1S/C16H26N2O2S/c1-6-18(7-2)15(19)17-14-10-8-9-13(11-14)12-21(20)16(3,4)5/h8-11H,6-7,12H2,1-5H3,(H,17,19)/t21-/m1/s1. The van der Waals surface area contributed by atoms with Gasteiger partial charge in [0.2, 0.25) is 0 Å². The zero-order valence-corrected chi connectivity index (χ0v) is 14.4. The second-order valence-electron chi connectivity index (χ2n) is 5.91. The van der Waals surface area contributed by atoms with Gasteiger partial charge in [-0.2, -0.15) is 0 Å². The van der Waals surface area contributed by atoms with Gasteiger partial charge in [0.05, 0.1) is 0 Å². The molecule has 0 bridgehead atoms. The summed E-state index contributed by atoms with van der Waals surface area (Å²) in [6.07, 6.45) is 0. The number of rotatable bonds is 5. The summed E-state index contributed by atoms with van der Waals surface area (Å²) >= 11 is 0. The van der Waals surface area contributed by atoms with Gasteiger partial charge < -0.3 is 10.2 Å². The molecule has 5 heteroatoms. The van der Waals surface area contributed by atoms with Crippen molar-refractivity contribution in [3.8, 4) is 0 Å². The van der Waals surface area contributed by atoms with E-state index in [0.717, 1.165) is 11.3 Å². The van der Waals surface area contributed by atoms with E-state index < -0.39 is 10.8 Å². The predicted molar refractivity (Wildman–Crippen MR) is 90.0 cm³/mol. The fraction of sp³-hybridized carbons (Fsp3) is 0.562. The topological polar surface area (TPSA) is 49.4 Å². The molecule has 1 atom stereocenters. The lowest BCUT2D eigenvalue weighted by Gasteiger charge is -2.20. The number of hydrogen-bond donors (Lipinski definition) is 1. The average molecular weight is 310 g/mol. The van der Waals surface area contributed by atoms with Gasteiger partial charge in [-0.3, -0.25) is 4.21 Å². The first-order chi connectivity index (χ1) is 9.77. The summed E-state index contributed by atoms with van der Waals surface area (Å²) in [4.78, 5) is 13.7. The van der Waals surface area contributed by atoms with E-state index in [0.29, 0.717) is 18.8 Å². The van der Waals surface area contributed by atoms with Gasteiger partial charge in [0.25, 0.3) is 0 Å². The van der Waals surface area contributed by atoms with Crippen molar-refractivity contribution in [3.05, 3.63) is 29.8 Å². The highest BCUT2D eigenvalue weighted by Gasteiger charge is 2.19. The summed E-state index contributed by atoms with van der Waals surface area (Å²) in [5, 5.41) is 2.88. The molecule has 1 aromatic rings. The number of amides is 2. The number of benzene rings is 1. The van der Waals surface area contributed by atoms with Crippen LogP contribution in [0.3, 0.4) is 0 Å². The molecule has 2 amide bonds. The van der Waals surface area contributed by atoms with E-state index in [4.69, 9.17) is 0 Å². The Kier molecular flexibility index (Phi) is 6.40. The lowest BCUT2D eigenvalue weighted by molar-refractivity contribution is 0.217. The highest BCUT2D eigenvalue weighted by molar-refractivity contribution is 7.85. The van der Waals surface area contributed by atoms with Crippen LogP contribution < -0.4 is 5.32 Å². The third-order valence-corrected chi connectivity index (χ3v) is 5.17. The van der Waals surface area contributed by atoms with Gasteiger partial charge in [-0.05, 0) is 52.3 Å². The van der Waals surface area contributed by atoms with Crippen LogP contribution in [0.4, 0.5) is 10.5 Å². The number of carbonyl (C=O) groups excluding carboxylic acids is 1. The highest BCUT2D eigenvalue weighted by Crippen LogP contribution is 2.18. The smallest absolute Gasteiger partial charge is 0.321 e. The molecular formula is C16H26N2O2S. The summed E-state index contributed by atoms with van der Waals surface area (Å²) in [6.45, 7) is 11.2. The van der Waals surface area contributed by atoms with Gasteiger partial charge in [-0.15, -0.1) is 0 Å². The van der Waals surface area contributed by atoms with Gasteiger partial charge in [-0.25, -0.2) is 4.79 Å². The van der Waals surface area contributed by atoms with Crippen LogP contribution in [0.25, 0.3) is 0 Å². The number of nitrogens with one attached hydrogen (secondary N) is 1. The lowest BCUT2D eigenvalue weighted by Crippen LogP contribution is -2.34. The van der Waals surface area contributed by atoms with Gasteiger partial charge in [0, 0.05) is 40.1 Å². The van der Waals surface area contributed by atoms with Crippen LogP contribution in [0.5, 0.6) is 0 Å². The molecule has 1 aromatic carbocycles. The molecule has 0 fully saturated rings. The van der Waals surface area contributed by atoms with E-state index in [1.54, 1.807) is 4.90 Å². The van der Waals surface area contributed by atoms with Crippen LogP contribution in [-0.2, 0) is 16.6 Å². The van der Waals surface area contributed by atoms with Crippen LogP contribution in [0.15, 0.2) is 24.3 Å². The maximum absolute atomic E-state index is 12.2. The number of anilines is 1. The Hall–Kier alpha value is -1.36. The van der Waals surface area contributed by atoms with Gasteiger partial charge in [0.15, 0.2) is 0 Å². The van der Waals surface area contributed by atoms with E-state index in [-0.39, 0.29) is 10.8 Å². The second kappa shape index (κ2) is 7.59. The van der Waals surface area contributed by atoms with Crippen LogP contribution in [0.2, 0.25) is 0 Å². The third kappa shape index (κ3) is 5.50. The van der Waals surface area contributed by atoms with E-state index in [1.807, 2.05) is 58.9 Å². The number of urea groups is 1. The summed E-state index contributed by atoms with van der Waals surface area (Å²) in [5.74, 6) is 0.498. The SMILES string of the molecule is CCN(CC)C(=O)Nc1cccc(C[S@@](=O)C(C)(C)C)c1. The fourth-order valence-electron chi connectivity index (χ4n) is 1.82. The van der Waals surface area contributed by atoms with E-state index in [9.17, 15) is 9.00 Å². The molecule has 0 aromatic heterocycles. The van der Waals surface area contributed by atoms with E-state index in [2.05, 4.69) is 5.32 Å². The summed E-state index contributed by atoms with van der Waals surface area (Å²) in [5.41, 5.74) is 1.72. The number of hydrogen-bond acceptors (Lipinski definition) is 2. The highest BCUT2D eigenvalue weighted by atomic mass is 32.2. The summed E-state index contributed by atoms with van der Waals surface area (Å²) in [7, 11) is -0.944. The summed E-state index contributed by atoms with van der Waals surface area (Å²) in [6, 6.07) is 7.47. The molecule has 0 saturated heterocycles. The zero-order chi connectivity index (χ0) is 16.0. The van der Waals surface area contributed by atoms with Crippen LogP contribution in [0, 0.1) is 0 Å². The van der Waals surface area contributed by atoms with Crippen molar-refractivity contribution in [1.82, 2.24) is 4.90 Å². The first-order valence-electron chi connectivity index (χ1n) is 7.31. The van der Waals surface area contributed by atoms with Gasteiger partial charge in [0.1, 0.15) is 0 Å². The average Bonchev–Trinajstić information content (AvgIpc) is 2.39. The first-order valence-corrected chi connectivity index (χ1v) is 8.63. The fourth-order valence-corrected chi connectivity index (χ4v) is 2.74. The molecule has 0 heterocycles. The molecule has 21 heavy (non-hydrogen) atoms. The van der Waals surface area contributed by atoms with Crippen LogP contribution in [0.1, 0.15) is 40.2 Å². The van der Waals surface area contributed by atoms with Crippen molar-refractivity contribution in [2.24, 2.45) is 0 Å². The van der Waals surface area contributed by atoms with Crippen molar-refractivity contribution in [2.45, 2.75) is 45.1 Å². The Morgan fingerprint density at radius 2 is 1.86 bits per heavy atom. The van der Waals surface area contributed by atoms with Crippen molar-refractivity contribution in [3.63, 3.8) is 0 Å². The molecule has 0 aliphatic rings. The third-order valence-electron chi connectivity index (χ3n) is 3.21. The summed E-state index contributed by atoms with van der Waals surface area (Å²) < 4.78 is 11.9. The zero-order valence-electron chi connectivity index (χ0n) is 13.6. The Labute approximate surface area is 130 Å². The minimum Gasteiger partial charge on any atom is -0.325 e. The maximum atomic E-state index is 12.2. The minimum atomic E-state index is -0.944. The molecule has 0 radical (unpaired) electrons. The lowest BCUT2D eigenvalue weighted by atomic mass is 10.2. The molecule has 0 unspecified atom stereocenters. The van der Waals surface area contributed by atoms with Crippen molar-refractivity contribution in [1.29, 1.82) is 0 Å². The molecule has 4 nitrogen and oxygen atoms in total. The van der Waals surface area contributed by atoms with E-state index in [1.165, 1.54) is 0 Å². The molecule has 0 saturated carbocycles. The molecule has 0 aliphatic heterocycles. The molecule has 118 valence electrons. The van der Waals surface area contributed by atoms with Crippen molar-refractivity contribution in [2.75, 3.05) is 18.4 Å². The monoisotopic (exact) mass is 310 g/mol. The number of nitrogens with zero attached hydrogens (tertiary/aromatic N) is 1. The van der Waals surface area contributed by atoms with Gasteiger partial charge >= 0.3 is 6.03 Å². The van der Waals surface area contributed by atoms with Gasteiger partial charge in [-0.1, -0.05) is 12.1 Å². The largest absolute Gasteiger partial charge is 0.325 e.